The van der Waals surface area contributed by atoms with Crippen molar-refractivity contribution in [1.82, 2.24) is 10.2 Å². The largest absolute Gasteiger partial charge is 0.484 e. The van der Waals surface area contributed by atoms with Crippen LogP contribution in [0.25, 0.3) is 0 Å². The summed E-state index contributed by atoms with van der Waals surface area (Å²) in [5.41, 5.74) is 3.08. The minimum Gasteiger partial charge on any atom is -0.484 e. The Hall–Kier alpha value is -3.60. The Balaban J connectivity index is 1.89. The van der Waals surface area contributed by atoms with Gasteiger partial charge < -0.3 is 15.0 Å². The highest BCUT2D eigenvalue weighted by atomic mass is 16.5. The second kappa shape index (κ2) is 12.6. The molecule has 34 heavy (non-hydrogen) atoms. The number of hydrogen-bond acceptors (Lipinski definition) is 3. The lowest BCUT2D eigenvalue weighted by atomic mass is 10.0. The number of nitrogens with one attached hydrogen (secondary N) is 1. The van der Waals surface area contributed by atoms with Crippen LogP contribution >= 0.6 is 0 Å². The van der Waals surface area contributed by atoms with E-state index in [-0.39, 0.29) is 18.4 Å². The Morgan fingerprint density at radius 1 is 0.882 bits per heavy atom. The van der Waals surface area contributed by atoms with Gasteiger partial charge in [-0.2, -0.15) is 0 Å². The number of benzene rings is 3. The summed E-state index contributed by atoms with van der Waals surface area (Å²) in [5, 5.41) is 3.04. The minimum atomic E-state index is -0.659. The lowest BCUT2D eigenvalue weighted by molar-refractivity contribution is -0.142. The van der Waals surface area contributed by atoms with Crippen LogP contribution in [0.3, 0.4) is 0 Å². The molecule has 0 aliphatic heterocycles. The number of carbonyl (C=O) groups is 2. The predicted octanol–water partition coefficient (Wildman–Crippen LogP) is 4.79. The maximum Gasteiger partial charge on any atom is 0.261 e. The second-order valence-electron chi connectivity index (χ2n) is 8.96. The number of amides is 2. The van der Waals surface area contributed by atoms with E-state index in [4.69, 9.17) is 4.74 Å². The zero-order valence-electron chi connectivity index (χ0n) is 20.2. The molecule has 0 bridgehead atoms. The molecule has 0 aromatic heterocycles. The molecule has 0 fully saturated rings. The van der Waals surface area contributed by atoms with E-state index in [1.807, 2.05) is 91.9 Å². The SMILES string of the molecule is Cc1cccc(CN(C(=O)COc2ccccc2)C(Cc2ccccc2)C(=O)NCC(C)C)c1. The van der Waals surface area contributed by atoms with Gasteiger partial charge in [-0.3, -0.25) is 9.59 Å². The highest BCUT2D eigenvalue weighted by Crippen LogP contribution is 2.17. The molecule has 5 heteroatoms. The van der Waals surface area contributed by atoms with Crippen LogP contribution in [0.2, 0.25) is 0 Å². The molecule has 2 amide bonds. The predicted molar refractivity (Wildman–Crippen MR) is 135 cm³/mol. The molecule has 5 nitrogen and oxygen atoms in total. The summed E-state index contributed by atoms with van der Waals surface area (Å²) in [6.45, 7) is 6.86. The summed E-state index contributed by atoms with van der Waals surface area (Å²) in [7, 11) is 0. The molecule has 1 atom stereocenters. The quantitative estimate of drug-likeness (QED) is 0.450. The molecule has 3 aromatic rings. The van der Waals surface area contributed by atoms with E-state index < -0.39 is 6.04 Å². The Morgan fingerprint density at radius 3 is 2.18 bits per heavy atom. The molecular weight excluding hydrogens is 424 g/mol. The van der Waals surface area contributed by atoms with Gasteiger partial charge in [0.2, 0.25) is 5.91 Å². The fourth-order valence-electron chi connectivity index (χ4n) is 3.73. The molecule has 0 radical (unpaired) electrons. The van der Waals surface area contributed by atoms with Crippen molar-refractivity contribution in [3.05, 3.63) is 102 Å². The van der Waals surface area contributed by atoms with Crippen LogP contribution in [0.4, 0.5) is 0 Å². The van der Waals surface area contributed by atoms with Gasteiger partial charge in [-0.05, 0) is 36.1 Å². The first kappa shape index (κ1) is 25.0. The van der Waals surface area contributed by atoms with Gasteiger partial charge in [-0.25, -0.2) is 0 Å². The van der Waals surface area contributed by atoms with Crippen molar-refractivity contribution in [3.8, 4) is 5.75 Å². The third kappa shape index (κ3) is 7.77. The number of aryl methyl sites for hydroxylation is 1. The van der Waals surface area contributed by atoms with Gasteiger partial charge in [0.1, 0.15) is 11.8 Å². The molecule has 0 aliphatic carbocycles. The van der Waals surface area contributed by atoms with Gasteiger partial charge in [0.05, 0.1) is 0 Å². The van der Waals surface area contributed by atoms with Crippen LogP contribution in [-0.4, -0.2) is 35.9 Å². The molecule has 0 saturated carbocycles. The lowest BCUT2D eigenvalue weighted by Gasteiger charge is -2.31. The summed E-state index contributed by atoms with van der Waals surface area (Å²) >= 11 is 0. The summed E-state index contributed by atoms with van der Waals surface area (Å²) in [5.74, 6) is 0.545. The molecule has 178 valence electrons. The molecule has 1 unspecified atom stereocenters. The smallest absolute Gasteiger partial charge is 0.261 e. The first-order chi connectivity index (χ1) is 16.4. The fraction of sp³-hybridized carbons (Fsp3) is 0.310. The van der Waals surface area contributed by atoms with Crippen LogP contribution in [0.1, 0.15) is 30.5 Å². The summed E-state index contributed by atoms with van der Waals surface area (Å²) in [6, 6.07) is 26.4. The summed E-state index contributed by atoms with van der Waals surface area (Å²) in [4.78, 5) is 28.5. The van der Waals surface area contributed by atoms with Crippen molar-refractivity contribution in [2.45, 2.75) is 39.8 Å². The Bertz CT molecular complexity index is 1050. The van der Waals surface area contributed by atoms with Crippen LogP contribution in [0.15, 0.2) is 84.9 Å². The molecule has 0 aliphatic rings. The maximum atomic E-state index is 13.5. The van der Waals surface area contributed by atoms with Gasteiger partial charge >= 0.3 is 0 Å². The van der Waals surface area contributed by atoms with Crippen LogP contribution in [0, 0.1) is 12.8 Å². The second-order valence-corrected chi connectivity index (χ2v) is 8.96. The molecular formula is C29H34N2O3. The molecule has 0 heterocycles. The zero-order valence-corrected chi connectivity index (χ0v) is 20.2. The average molecular weight is 459 g/mol. The lowest BCUT2D eigenvalue weighted by Crippen LogP contribution is -2.52. The van der Waals surface area contributed by atoms with Crippen LogP contribution in [-0.2, 0) is 22.6 Å². The van der Waals surface area contributed by atoms with Crippen molar-refractivity contribution < 1.29 is 14.3 Å². The first-order valence-corrected chi connectivity index (χ1v) is 11.8. The van der Waals surface area contributed by atoms with E-state index >= 15 is 0 Å². The van der Waals surface area contributed by atoms with Gasteiger partial charge in [0, 0.05) is 19.5 Å². The van der Waals surface area contributed by atoms with Crippen LogP contribution < -0.4 is 10.1 Å². The molecule has 0 saturated heterocycles. The fourth-order valence-corrected chi connectivity index (χ4v) is 3.73. The van der Waals surface area contributed by atoms with E-state index in [0.29, 0.717) is 31.2 Å². The van der Waals surface area contributed by atoms with Crippen molar-refractivity contribution in [2.75, 3.05) is 13.2 Å². The molecule has 3 rings (SSSR count). The van der Waals surface area contributed by atoms with Gasteiger partial charge in [-0.15, -0.1) is 0 Å². The number of rotatable bonds is 11. The Kier molecular flexibility index (Phi) is 9.27. The van der Waals surface area contributed by atoms with E-state index in [9.17, 15) is 9.59 Å². The van der Waals surface area contributed by atoms with E-state index in [0.717, 1.165) is 16.7 Å². The van der Waals surface area contributed by atoms with Crippen LogP contribution in [0.5, 0.6) is 5.75 Å². The van der Waals surface area contributed by atoms with E-state index in [1.165, 1.54) is 0 Å². The summed E-state index contributed by atoms with van der Waals surface area (Å²) in [6.07, 6.45) is 0.424. The van der Waals surface area contributed by atoms with Gasteiger partial charge in [0.25, 0.3) is 5.91 Å². The minimum absolute atomic E-state index is 0.140. The highest BCUT2D eigenvalue weighted by molar-refractivity contribution is 5.88. The Morgan fingerprint density at radius 2 is 1.53 bits per heavy atom. The number of hydrogen-bond donors (Lipinski definition) is 1. The topological polar surface area (TPSA) is 58.6 Å². The highest BCUT2D eigenvalue weighted by Gasteiger charge is 2.30. The third-order valence-electron chi connectivity index (χ3n) is 5.50. The standard InChI is InChI=1S/C29H34N2O3/c1-22(2)19-30-29(33)27(18-24-12-6-4-7-13-24)31(20-25-14-10-11-23(3)17-25)28(32)21-34-26-15-8-5-9-16-26/h4-17,22,27H,18-21H2,1-3H3,(H,30,33). The van der Waals surface area contributed by atoms with Crippen molar-refractivity contribution in [2.24, 2.45) is 5.92 Å². The maximum absolute atomic E-state index is 13.5. The van der Waals surface area contributed by atoms with Gasteiger partial charge in [-0.1, -0.05) is 92.2 Å². The molecule has 1 N–H and O–H groups in total. The number of carbonyl (C=O) groups excluding carboxylic acids is 2. The van der Waals surface area contributed by atoms with E-state index in [1.54, 1.807) is 4.90 Å². The molecule has 0 spiro atoms. The number of para-hydroxylation sites is 1. The molecule has 3 aromatic carbocycles. The van der Waals surface area contributed by atoms with Gasteiger partial charge in [0.15, 0.2) is 6.61 Å². The van der Waals surface area contributed by atoms with Crippen molar-refractivity contribution in [3.63, 3.8) is 0 Å². The Labute approximate surface area is 202 Å². The monoisotopic (exact) mass is 458 g/mol. The number of ether oxygens (including phenoxy) is 1. The van der Waals surface area contributed by atoms with E-state index in [2.05, 4.69) is 19.2 Å². The third-order valence-corrected chi connectivity index (χ3v) is 5.50. The van der Waals surface area contributed by atoms with Crippen molar-refractivity contribution >= 4 is 11.8 Å². The number of nitrogens with zero attached hydrogens (tertiary/aromatic N) is 1. The zero-order chi connectivity index (χ0) is 24.3. The van der Waals surface area contributed by atoms with Crippen molar-refractivity contribution in [1.29, 1.82) is 0 Å². The summed E-state index contributed by atoms with van der Waals surface area (Å²) < 4.78 is 5.77. The first-order valence-electron chi connectivity index (χ1n) is 11.8. The normalized spacial score (nSPS) is 11.6. The average Bonchev–Trinajstić information content (AvgIpc) is 2.84.